The summed E-state index contributed by atoms with van der Waals surface area (Å²) in [7, 11) is 0. The molecule has 0 saturated carbocycles. The average Bonchev–Trinajstić information content (AvgIpc) is 3.33. The van der Waals surface area contributed by atoms with E-state index in [1.807, 2.05) is 31.2 Å². The molecule has 2 fully saturated rings. The van der Waals surface area contributed by atoms with Crippen LogP contribution in [0.3, 0.4) is 0 Å². The molecule has 0 radical (unpaired) electrons. The molecular formula is C20H28N6O2. The standard InChI is InChI=1S/C20H28N6O2/c1-14-21-19(25-24-14)11-15-5-7-16(8-6-15)22-20(27)23-17-12-28-13-18(17)26-9-3-2-4-10-26/h5-8,17-18H,2-4,9-13H2,1H3,(H,21,24,25)(H2,22,23,27)/t17-,18-/m1/s1. The first kappa shape index (κ1) is 18.9. The summed E-state index contributed by atoms with van der Waals surface area (Å²) in [6.45, 7) is 5.34. The minimum absolute atomic E-state index is 0.0337. The number of amides is 2. The van der Waals surface area contributed by atoms with E-state index in [0.29, 0.717) is 19.6 Å². The molecule has 2 atom stereocenters. The fourth-order valence-electron chi connectivity index (χ4n) is 3.98. The van der Waals surface area contributed by atoms with Crippen molar-refractivity contribution >= 4 is 11.7 Å². The van der Waals surface area contributed by atoms with Crippen molar-refractivity contribution in [1.29, 1.82) is 0 Å². The van der Waals surface area contributed by atoms with Gasteiger partial charge in [0.25, 0.3) is 0 Å². The largest absolute Gasteiger partial charge is 0.378 e. The second kappa shape index (κ2) is 8.70. The Morgan fingerprint density at radius 3 is 2.71 bits per heavy atom. The molecule has 2 aliphatic heterocycles. The number of H-pyrrole nitrogens is 1. The second-order valence-electron chi connectivity index (χ2n) is 7.62. The lowest BCUT2D eigenvalue weighted by molar-refractivity contribution is 0.125. The quantitative estimate of drug-likeness (QED) is 0.734. The van der Waals surface area contributed by atoms with Gasteiger partial charge in [0, 0.05) is 12.1 Å². The summed E-state index contributed by atoms with van der Waals surface area (Å²) in [6, 6.07) is 7.90. The number of aromatic nitrogens is 3. The molecule has 3 N–H and O–H groups in total. The number of ether oxygens (including phenoxy) is 1. The van der Waals surface area contributed by atoms with Crippen molar-refractivity contribution in [3.8, 4) is 0 Å². The summed E-state index contributed by atoms with van der Waals surface area (Å²) in [5.41, 5.74) is 1.86. The Hall–Kier alpha value is -2.45. The highest BCUT2D eigenvalue weighted by molar-refractivity contribution is 5.89. The number of nitrogens with one attached hydrogen (secondary N) is 3. The summed E-state index contributed by atoms with van der Waals surface area (Å²) in [4.78, 5) is 19.2. The third kappa shape index (κ3) is 4.69. The highest BCUT2D eigenvalue weighted by Crippen LogP contribution is 2.19. The zero-order valence-electron chi connectivity index (χ0n) is 16.3. The fraction of sp³-hybridized carbons (Fsp3) is 0.550. The van der Waals surface area contributed by atoms with E-state index in [-0.39, 0.29) is 18.1 Å². The van der Waals surface area contributed by atoms with Crippen LogP contribution in [0.4, 0.5) is 10.5 Å². The Morgan fingerprint density at radius 2 is 2.00 bits per heavy atom. The fourth-order valence-corrected chi connectivity index (χ4v) is 3.98. The Kier molecular flexibility index (Phi) is 5.87. The molecule has 0 spiro atoms. The molecule has 2 amide bonds. The van der Waals surface area contributed by atoms with E-state index in [2.05, 4.69) is 30.7 Å². The first-order chi connectivity index (χ1) is 13.7. The van der Waals surface area contributed by atoms with E-state index in [4.69, 9.17) is 4.74 Å². The number of piperidine rings is 1. The summed E-state index contributed by atoms with van der Waals surface area (Å²) in [6.07, 6.45) is 4.42. The average molecular weight is 384 g/mol. The normalized spacial score (nSPS) is 22.9. The minimum atomic E-state index is -0.185. The van der Waals surface area contributed by atoms with Crippen LogP contribution < -0.4 is 10.6 Å². The van der Waals surface area contributed by atoms with Crippen LogP contribution >= 0.6 is 0 Å². The molecule has 0 unspecified atom stereocenters. The van der Waals surface area contributed by atoms with Gasteiger partial charge in [-0.1, -0.05) is 18.6 Å². The Balaban J connectivity index is 1.29. The molecule has 8 nitrogen and oxygen atoms in total. The molecular weight excluding hydrogens is 356 g/mol. The van der Waals surface area contributed by atoms with E-state index < -0.39 is 0 Å². The summed E-state index contributed by atoms with van der Waals surface area (Å²) in [5, 5.41) is 13.0. The number of hydrogen-bond donors (Lipinski definition) is 3. The van der Waals surface area contributed by atoms with Crippen molar-refractivity contribution in [2.24, 2.45) is 0 Å². The summed E-state index contributed by atoms with van der Waals surface area (Å²) >= 11 is 0. The zero-order chi connectivity index (χ0) is 19.3. The maximum Gasteiger partial charge on any atom is 0.319 e. The number of aryl methyl sites for hydroxylation is 1. The lowest BCUT2D eigenvalue weighted by Crippen LogP contribution is -2.53. The predicted octanol–water partition coefficient (Wildman–Crippen LogP) is 2.08. The van der Waals surface area contributed by atoms with Gasteiger partial charge < -0.3 is 15.4 Å². The van der Waals surface area contributed by atoms with Crippen molar-refractivity contribution in [2.45, 2.75) is 44.7 Å². The minimum Gasteiger partial charge on any atom is -0.378 e. The number of carbonyl (C=O) groups is 1. The van der Waals surface area contributed by atoms with Crippen LogP contribution in [-0.2, 0) is 11.2 Å². The maximum absolute atomic E-state index is 12.5. The van der Waals surface area contributed by atoms with E-state index in [9.17, 15) is 4.79 Å². The van der Waals surface area contributed by atoms with Crippen molar-refractivity contribution in [3.05, 3.63) is 41.5 Å². The van der Waals surface area contributed by atoms with Gasteiger partial charge in [-0.2, -0.15) is 5.10 Å². The smallest absolute Gasteiger partial charge is 0.319 e. The van der Waals surface area contributed by atoms with Crippen LogP contribution in [0.5, 0.6) is 0 Å². The van der Waals surface area contributed by atoms with Gasteiger partial charge in [-0.3, -0.25) is 10.00 Å². The molecule has 0 aliphatic carbocycles. The molecule has 2 aliphatic rings. The summed E-state index contributed by atoms with van der Waals surface area (Å²) in [5.74, 6) is 1.57. The molecule has 8 heteroatoms. The number of carbonyl (C=O) groups excluding carboxylic acids is 1. The number of anilines is 1. The van der Waals surface area contributed by atoms with E-state index in [1.165, 1.54) is 19.3 Å². The van der Waals surface area contributed by atoms with Crippen LogP contribution in [0.15, 0.2) is 24.3 Å². The first-order valence-corrected chi connectivity index (χ1v) is 10.0. The SMILES string of the molecule is Cc1nc(Cc2ccc(NC(=O)N[C@@H]3COC[C@H]3N3CCCCC3)cc2)n[nH]1. The number of likely N-dealkylation sites (tertiary alicyclic amines) is 1. The third-order valence-corrected chi connectivity index (χ3v) is 5.44. The number of rotatable bonds is 5. The van der Waals surface area contributed by atoms with Crippen LogP contribution in [0.1, 0.15) is 36.5 Å². The van der Waals surface area contributed by atoms with Gasteiger partial charge in [0.1, 0.15) is 5.82 Å². The molecule has 3 heterocycles. The van der Waals surface area contributed by atoms with Crippen LogP contribution in [0.2, 0.25) is 0 Å². The molecule has 1 aromatic carbocycles. The maximum atomic E-state index is 12.5. The van der Waals surface area contributed by atoms with Crippen molar-refractivity contribution in [2.75, 3.05) is 31.6 Å². The molecule has 28 heavy (non-hydrogen) atoms. The number of nitrogens with zero attached hydrogens (tertiary/aromatic N) is 3. The molecule has 4 rings (SSSR count). The van der Waals surface area contributed by atoms with Gasteiger partial charge in [-0.15, -0.1) is 0 Å². The van der Waals surface area contributed by atoms with Crippen molar-refractivity contribution < 1.29 is 9.53 Å². The van der Waals surface area contributed by atoms with Gasteiger partial charge in [-0.05, 0) is 50.6 Å². The van der Waals surface area contributed by atoms with Crippen LogP contribution in [0, 0.1) is 6.92 Å². The Bertz CT molecular complexity index is 784. The molecule has 2 aromatic rings. The number of benzene rings is 1. The van der Waals surface area contributed by atoms with Gasteiger partial charge in [0.05, 0.1) is 25.3 Å². The first-order valence-electron chi connectivity index (χ1n) is 10.0. The second-order valence-corrected chi connectivity index (χ2v) is 7.62. The van der Waals surface area contributed by atoms with Crippen molar-refractivity contribution in [1.82, 2.24) is 25.4 Å². The van der Waals surface area contributed by atoms with Crippen LogP contribution in [-0.4, -0.2) is 64.5 Å². The number of aromatic amines is 1. The zero-order valence-corrected chi connectivity index (χ0v) is 16.3. The van der Waals surface area contributed by atoms with Crippen LogP contribution in [0.25, 0.3) is 0 Å². The number of hydrogen-bond acceptors (Lipinski definition) is 5. The summed E-state index contributed by atoms with van der Waals surface area (Å²) < 4.78 is 5.65. The van der Waals surface area contributed by atoms with Gasteiger partial charge in [-0.25, -0.2) is 9.78 Å². The topological polar surface area (TPSA) is 95.2 Å². The van der Waals surface area contributed by atoms with E-state index >= 15 is 0 Å². The van der Waals surface area contributed by atoms with Gasteiger partial charge in [0.2, 0.25) is 0 Å². The monoisotopic (exact) mass is 384 g/mol. The molecule has 150 valence electrons. The van der Waals surface area contributed by atoms with E-state index in [0.717, 1.165) is 36.0 Å². The highest BCUT2D eigenvalue weighted by atomic mass is 16.5. The third-order valence-electron chi connectivity index (χ3n) is 5.44. The lowest BCUT2D eigenvalue weighted by atomic mass is 10.1. The molecule has 1 aromatic heterocycles. The highest BCUT2D eigenvalue weighted by Gasteiger charge is 2.34. The van der Waals surface area contributed by atoms with E-state index in [1.54, 1.807) is 0 Å². The van der Waals surface area contributed by atoms with Gasteiger partial charge >= 0.3 is 6.03 Å². The predicted molar refractivity (Wildman–Crippen MR) is 106 cm³/mol. The Labute approximate surface area is 165 Å². The number of urea groups is 1. The molecule has 0 bridgehead atoms. The lowest BCUT2D eigenvalue weighted by Gasteiger charge is -2.34. The van der Waals surface area contributed by atoms with Crippen molar-refractivity contribution in [3.63, 3.8) is 0 Å². The Morgan fingerprint density at radius 1 is 1.21 bits per heavy atom. The van der Waals surface area contributed by atoms with Gasteiger partial charge in [0.15, 0.2) is 5.82 Å². The molecule has 2 saturated heterocycles.